The molecule has 17 heavy (non-hydrogen) atoms. The Labute approximate surface area is 99.8 Å². The van der Waals surface area contributed by atoms with Crippen molar-refractivity contribution < 1.29 is 4.74 Å². The Kier molecular flexibility index (Phi) is 3.35. The van der Waals surface area contributed by atoms with E-state index >= 15 is 0 Å². The predicted molar refractivity (Wildman–Crippen MR) is 68.0 cm³/mol. The Morgan fingerprint density at radius 2 is 1.29 bits per heavy atom. The van der Waals surface area contributed by atoms with E-state index in [4.69, 9.17) is 10.5 Å². The second-order valence-electron chi connectivity index (χ2n) is 3.49. The third-order valence-electron chi connectivity index (χ3n) is 2.25. The summed E-state index contributed by atoms with van der Waals surface area (Å²) in [4.78, 5) is 0. The number of anilines is 1. The van der Waals surface area contributed by atoms with Crippen LogP contribution in [0.4, 0.5) is 17.1 Å². The maximum atomic E-state index is 5.58. The Bertz CT molecular complexity index is 503. The molecular formula is C13H13N3O. The minimum atomic E-state index is 0.716. The fourth-order valence-electron chi connectivity index (χ4n) is 1.31. The van der Waals surface area contributed by atoms with Crippen molar-refractivity contribution in [2.24, 2.45) is 10.2 Å². The first-order valence-corrected chi connectivity index (χ1v) is 5.19. The number of hydrogen-bond acceptors (Lipinski definition) is 4. The van der Waals surface area contributed by atoms with Crippen LogP contribution in [-0.4, -0.2) is 7.11 Å². The molecule has 0 amide bonds. The van der Waals surface area contributed by atoms with Crippen molar-refractivity contribution in [3.8, 4) is 5.75 Å². The maximum Gasteiger partial charge on any atom is 0.119 e. The first-order chi connectivity index (χ1) is 8.28. The van der Waals surface area contributed by atoms with Gasteiger partial charge in [-0.2, -0.15) is 10.2 Å². The minimum Gasteiger partial charge on any atom is -0.497 e. The lowest BCUT2D eigenvalue weighted by Gasteiger charge is -1.98. The summed E-state index contributed by atoms with van der Waals surface area (Å²) in [6.07, 6.45) is 0. The zero-order valence-electron chi connectivity index (χ0n) is 9.50. The number of methoxy groups -OCH3 is 1. The molecule has 0 saturated heterocycles. The van der Waals surface area contributed by atoms with E-state index in [2.05, 4.69) is 10.2 Å². The van der Waals surface area contributed by atoms with Gasteiger partial charge in [-0.05, 0) is 48.5 Å². The van der Waals surface area contributed by atoms with E-state index in [0.717, 1.165) is 17.1 Å². The monoisotopic (exact) mass is 227 g/mol. The quantitative estimate of drug-likeness (QED) is 0.642. The number of benzene rings is 2. The lowest BCUT2D eigenvalue weighted by molar-refractivity contribution is 0.415. The molecule has 0 heterocycles. The number of ether oxygens (including phenoxy) is 1. The second-order valence-corrected chi connectivity index (χ2v) is 3.49. The molecule has 0 spiro atoms. The van der Waals surface area contributed by atoms with Crippen LogP contribution < -0.4 is 10.5 Å². The Morgan fingerprint density at radius 1 is 0.824 bits per heavy atom. The highest BCUT2D eigenvalue weighted by Crippen LogP contribution is 2.21. The number of nitrogens with zero attached hydrogens (tertiary/aromatic N) is 2. The number of hydrogen-bond donors (Lipinski definition) is 1. The molecule has 4 nitrogen and oxygen atoms in total. The van der Waals surface area contributed by atoms with Crippen molar-refractivity contribution in [3.63, 3.8) is 0 Å². The highest BCUT2D eigenvalue weighted by atomic mass is 16.5. The van der Waals surface area contributed by atoms with Crippen molar-refractivity contribution in [2.45, 2.75) is 0 Å². The van der Waals surface area contributed by atoms with Gasteiger partial charge in [0.2, 0.25) is 0 Å². The van der Waals surface area contributed by atoms with Gasteiger partial charge < -0.3 is 10.5 Å². The Hall–Kier alpha value is -2.36. The topological polar surface area (TPSA) is 60.0 Å². The summed E-state index contributed by atoms with van der Waals surface area (Å²) in [5.41, 5.74) is 7.85. The zero-order valence-corrected chi connectivity index (χ0v) is 9.50. The number of azo groups is 1. The first-order valence-electron chi connectivity index (χ1n) is 5.19. The highest BCUT2D eigenvalue weighted by Gasteiger charge is 1.92. The van der Waals surface area contributed by atoms with E-state index < -0.39 is 0 Å². The van der Waals surface area contributed by atoms with Crippen LogP contribution in [0.3, 0.4) is 0 Å². The molecule has 4 heteroatoms. The number of rotatable bonds is 3. The molecule has 2 rings (SSSR count). The summed E-state index contributed by atoms with van der Waals surface area (Å²) < 4.78 is 5.06. The fourth-order valence-corrected chi connectivity index (χ4v) is 1.31. The molecule has 0 unspecified atom stereocenters. The van der Waals surface area contributed by atoms with Crippen LogP contribution in [0.25, 0.3) is 0 Å². The van der Waals surface area contributed by atoms with Crippen molar-refractivity contribution in [1.82, 2.24) is 0 Å². The molecule has 0 aliphatic heterocycles. The second kappa shape index (κ2) is 5.12. The van der Waals surface area contributed by atoms with Crippen LogP contribution in [0, 0.1) is 0 Å². The van der Waals surface area contributed by atoms with Crippen LogP contribution in [0.1, 0.15) is 0 Å². The summed E-state index contributed by atoms with van der Waals surface area (Å²) in [5.74, 6) is 0.802. The summed E-state index contributed by atoms with van der Waals surface area (Å²) in [5, 5.41) is 8.21. The van der Waals surface area contributed by atoms with Gasteiger partial charge in [-0.3, -0.25) is 0 Å². The molecule has 0 atom stereocenters. The van der Waals surface area contributed by atoms with E-state index in [9.17, 15) is 0 Å². The van der Waals surface area contributed by atoms with Crippen LogP contribution in [0.2, 0.25) is 0 Å². The van der Waals surface area contributed by atoms with Crippen LogP contribution >= 0.6 is 0 Å². The smallest absolute Gasteiger partial charge is 0.119 e. The average molecular weight is 227 g/mol. The third kappa shape index (κ3) is 3.04. The van der Waals surface area contributed by atoms with Crippen molar-refractivity contribution >= 4 is 17.1 Å². The first kappa shape index (κ1) is 11.1. The van der Waals surface area contributed by atoms with E-state index in [1.165, 1.54) is 0 Å². The highest BCUT2D eigenvalue weighted by molar-refractivity contribution is 5.48. The van der Waals surface area contributed by atoms with Gasteiger partial charge in [0.15, 0.2) is 0 Å². The molecular weight excluding hydrogens is 214 g/mol. The van der Waals surface area contributed by atoms with Crippen molar-refractivity contribution in [1.29, 1.82) is 0 Å². The third-order valence-corrected chi connectivity index (χ3v) is 2.25. The largest absolute Gasteiger partial charge is 0.497 e. The molecule has 0 fully saturated rings. The molecule has 0 radical (unpaired) electrons. The summed E-state index contributed by atoms with van der Waals surface area (Å²) in [7, 11) is 1.63. The predicted octanol–water partition coefficient (Wildman–Crippen LogP) is 3.69. The molecule has 0 aromatic heterocycles. The molecule has 0 aliphatic rings. The lowest BCUT2D eigenvalue weighted by Crippen LogP contribution is -1.80. The number of nitrogen functional groups attached to an aromatic ring is 1. The van der Waals surface area contributed by atoms with Gasteiger partial charge in [0.05, 0.1) is 18.5 Å². The fraction of sp³-hybridized carbons (Fsp3) is 0.0769. The molecule has 2 aromatic carbocycles. The van der Waals surface area contributed by atoms with Crippen LogP contribution in [0.5, 0.6) is 5.75 Å². The minimum absolute atomic E-state index is 0.716. The summed E-state index contributed by atoms with van der Waals surface area (Å²) in [6.45, 7) is 0. The van der Waals surface area contributed by atoms with E-state index in [1.54, 1.807) is 19.2 Å². The van der Waals surface area contributed by atoms with Crippen molar-refractivity contribution in [3.05, 3.63) is 48.5 Å². The molecule has 0 bridgehead atoms. The van der Waals surface area contributed by atoms with Gasteiger partial charge in [0.25, 0.3) is 0 Å². The molecule has 0 aliphatic carbocycles. The van der Waals surface area contributed by atoms with Gasteiger partial charge in [0.1, 0.15) is 5.75 Å². The molecule has 86 valence electrons. The zero-order chi connectivity index (χ0) is 12.1. The maximum absolute atomic E-state index is 5.58. The van der Waals surface area contributed by atoms with Crippen LogP contribution in [-0.2, 0) is 0 Å². The Morgan fingerprint density at radius 3 is 1.76 bits per heavy atom. The van der Waals surface area contributed by atoms with Gasteiger partial charge in [0, 0.05) is 5.69 Å². The van der Waals surface area contributed by atoms with E-state index in [-0.39, 0.29) is 0 Å². The van der Waals surface area contributed by atoms with Gasteiger partial charge >= 0.3 is 0 Å². The lowest BCUT2D eigenvalue weighted by atomic mass is 10.3. The SMILES string of the molecule is COc1ccc(/N=N\c2ccc(N)cc2)cc1. The molecule has 2 aromatic rings. The number of nitrogens with two attached hydrogens (primary N) is 1. The summed E-state index contributed by atoms with van der Waals surface area (Å²) >= 11 is 0. The molecule has 2 N–H and O–H groups in total. The Balaban J connectivity index is 2.11. The van der Waals surface area contributed by atoms with Crippen molar-refractivity contribution in [2.75, 3.05) is 12.8 Å². The van der Waals surface area contributed by atoms with Crippen LogP contribution in [0.15, 0.2) is 58.8 Å². The normalized spacial score (nSPS) is 10.6. The van der Waals surface area contributed by atoms with E-state index in [0.29, 0.717) is 5.69 Å². The average Bonchev–Trinajstić information content (AvgIpc) is 2.39. The van der Waals surface area contributed by atoms with Gasteiger partial charge in [-0.15, -0.1) is 0 Å². The summed E-state index contributed by atoms with van der Waals surface area (Å²) in [6, 6.07) is 14.6. The molecule has 0 saturated carbocycles. The van der Waals surface area contributed by atoms with Gasteiger partial charge in [-0.25, -0.2) is 0 Å². The standard InChI is InChI=1S/C13H13N3O/c1-17-13-8-6-12(7-9-13)16-15-11-4-2-10(14)3-5-11/h2-9H,14H2,1H3/b16-15-. The van der Waals surface area contributed by atoms with Gasteiger partial charge in [-0.1, -0.05) is 0 Å². The van der Waals surface area contributed by atoms with E-state index in [1.807, 2.05) is 36.4 Å².